The van der Waals surface area contributed by atoms with Gasteiger partial charge in [0.05, 0.1) is 30.5 Å². The molecule has 0 amide bonds. The van der Waals surface area contributed by atoms with E-state index < -0.39 is 0 Å². The molecular weight excluding hydrogens is 456 g/mol. The zero-order valence-corrected chi connectivity index (χ0v) is 19.7. The van der Waals surface area contributed by atoms with Gasteiger partial charge in [-0.05, 0) is 44.7 Å². The lowest BCUT2D eigenvalue weighted by Gasteiger charge is -2.44. The van der Waals surface area contributed by atoms with Crippen LogP contribution in [0.1, 0.15) is 38.3 Å². The summed E-state index contributed by atoms with van der Waals surface area (Å²) in [5.74, 6) is 1.07. The fraction of sp³-hybridized carbons (Fsp3) is 0.435. The van der Waals surface area contributed by atoms with Crippen molar-refractivity contribution in [2.75, 3.05) is 12.0 Å². The van der Waals surface area contributed by atoms with Gasteiger partial charge in [0.25, 0.3) is 0 Å². The molecular formula is C23H25ClN8O2. The number of nitrogens with two attached hydrogens (primary N) is 1. The van der Waals surface area contributed by atoms with E-state index in [2.05, 4.69) is 32.0 Å². The van der Waals surface area contributed by atoms with Crippen molar-refractivity contribution in [1.82, 2.24) is 30.1 Å². The number of rotatable bonds is 4. The van der Waals surface area contributed by atoms with Gasteiger partial charge >= 0.3 is 0 Å². The van der Waals surface area contributed by atoms with Gasteiger partial charge in [-0.2, -0.15) is 5.10 Å². The van der Waals surface area contributed by atoms with Crippen LogP contribution in [0.5, 0.6) is 5.88 Å². The van der Waals surface area contributed by atoms with E-state index >= 15 is 0 Å². The van der Waals surface area contributed by atoms with Crippen LogP contribution < -0.4 is 15.4 Å². The normalized spacial score (nSPS) is 24.3. The molecule has 176 valence electrons. The summed E-state index contributed by atoms with van der Waals surface area (Å²) in [5.41, 5.74) is 10.2. The SMILES string of the molecule is COc1cnc2ccc(-c3n[nH]c4nc(N5[C@@H]6CC[C@H]5C[C@@](C)(N)C6)c(CO)nc34)c(Cl)c2n1. The van der Waals surface area contributed by atoms with Gasteiger partial charge in [0.2, 0.25) is 5.88 Å². The molecule has 2 aliphatic heterocycles. The highest BCUT2D eigenvalue weighted by Gasteiger charge is 2.45. The summed E-state index contributed by atoms with van der Waals surface area (Å²) in [6.45, 7) is 1.89. The van der Waals surface area contributed by atoms with Gasteiger partial charge in [-0.25, -0.2) is 19.9 Å². The molecule has 0 radical (unpaired) electrons. The second-order valence-electron chi connectivity index (χ2n) is 9.48. The molecule has 3 atom stereocenters. The number of nitrogens with zero attached hydrogens (tertiary/aromatic N) is 6. The number of aromatic nitrogens is 6. The minimum Gasteiger partial charge on any atom is -0.480 e. The van der Waals surface area contributed by atoms with E-state index in [0.29, 0.717) is 55.9 Å². The van der Waals surface area contributed by atoms with Gasteiger partial charge in [0, 0.05) is 23.2 Å². The Morgan fingerprint density at radius 2 is 1.97 bits per heavy atom. The average molecular weight is 481 g/mol. The second-order valence-corrected chi connectivity index (χ2v) is 9.86. The maximum absolute atomic E-state index is 10.2. The summed E-state index contributed by atoms with van der Waals surface area (Å²) in [4.78, 5) is 20.8. The van der Waals surface area contributed by atoms with E-state index in [9.17, 15) is 5.11 Å². The lowest BCUT2D eigenvalue weighted by Crippen LogP contribution is -2.54. The first-order valence-electron chi connectivity index (χ1n) is 11.3. The van der Waals surface area contributed by atoms with E-state index in [1.807, 2.05) is 12.1 Å². The number of anilines is 1. The molecule has 2 saturated heterocycles. The first kappa shape index (κ1) is 21.5. The van der Waals surface area contributed by atoms with Crippen LogP contribution in [0.25, 0.3) is 33.5 Å². The van der Waals surface area contributed by atoms with Crippen molar-refractivity contribution in [3.63, 3.8) is 0 Å². The highest BCUT2D eigenvalue weighted by Crippen LogP contribution is 2.43. The number of ether oxygens (including phenoxy) is 1. The molecule has 1 aromatic carbocycles. The van der Waals surface area contributed by atoms with E-state index in [1.54, 1.807) is 6.20 Å². The summed E-state index contributed by atoms with van der Waals surface area (Å²) in [7, 11) is 1.53. The number of aromatic amines is 1. The number of hydrogen-bond donors (Lipinski definition) is 3. The van der Waals surface area contributed by atoms with Crippen molar-refractivity contribution in [2.45, 2.75) is 56.8 Å². The number of methoxy groups -OCH3 is 1. The quantitative estimate of drug-likeness (QED) is 0.402. The van der Waals surface area contributed by atoms with E-state index in [4.69, 9.17) is 32.0 Å². The van der Waals surface area contributed by atoms with E-state index in [1.165, 1.54) is 7.11 Å². The van der Waals surface area contributed by atoms with Gasteiger partial charge in [-0.1, -0.05) is 11.6 Å². The van der Waals surface area contributed by atoms with Crippen molar-refractivity contribution in [3.05, 3.63) is 29.0 Å². The second kappa shape index (κ2) is 7.72. The highest BCUT2D eigenvalue weighted by molar-refractivity contribution is 6.38. The molecule has 0 unspecified atom stereocenters. The number of benzene rings is 1. The van der Waals surface area contributed by atoms with Crippen molar-refractivity contribution >= 4 is 39.6 Å². The average Bonchev–Trinajstić information content (AvgIpc) is 3.36. The monoisotopic (exact) mass is 480 g/mol. The third kappa shape index (κ3) is 3.28. The Labute approximate surface area is 200 Å². The minimum absolute atomic E-state index is 0.182. The first-order valence-corrected chi connectivity index (χ1v) is 11.7. The van der Waals surface area contributed by atoms with Crippen molar-refractivity contribution < 1.29 is 9.84 Å². The minimum atomic E-state index is -0.229. The summed E-state index contributed by atoms with van der Waals surface area (Å²) in [6.07, 6.45) is 5.45. The zero-order chi connectivity index (χ0) is 23.6. The van der Waals surface area contributed by atoms with Gasteiger partial charge in [-0.3, -0.25) is 5.10 Å². The topological polar surface area (TPSA) is 139 Å². The van der Waals surface area contributed by atoms with Crippen molar-refractivity contribution in [2.24, 2.45) is 5.73 Å². The molecule has 0 saturated carbocycles. The molecule has 2 bridgehead atoms. The molecule has 0 spiro atoms. The molecule has 2 aliphatic rings. The molecule has 2 fully saturated rings. The van der Waals surface area contributed by atoms with Crippen molar-refractivity contribution in [3.8, 4) is 17.1 Å². The Morgan fingerprint density at radius 1 is 1.21 bits per heavy atom. The van der Waals surface area contributed by atoms with Gasteiger partial charge in [0.15, 0.2) is 11.5 Å². The number of halogens is 1. The zero-order valence-electron chi connectivity index (χ0n) is 18.9. The number of aliphatic hydroxyl groups excluding tert-OH is 1. The van der Waals surface area contributed by atoms with Gasteiger partial charge in [-0.15, -0.1) is 0 Å². The third-order valence-electron chi connectivity index (χ3n) is 6.96. The third-order valence-corrected chi connectivity index (χ3v) is 7.34. The Kier molecular flexibility index (Phi) is 4.87. The van der Waals surface area contributed by atoms with Crippen LogP contribution in [0.3, 0.4) is 0 Å². The number of hydrogen-bond acceptors (Lipinski definition) is 9. The molecule has 11 heteroatoms. The molecule has 3 aromatic heterocycles. The maximum Gasteiger partial charge on any atom is 0.232 e. The number of H-pyrrole nitrogens is 1. The summed E-state index contributed by atoms with van der Waals surface area (Å²) in [6, 6.07) is 4.24. The van der Waals surface area contributed by atoms with Crippen LogP contribution in [0, 0.1) is 0 Å². The van der Waals surface area contributed by atoms with Gasteiger partial charge in [0.1, 0.15) is 22.4 Å². The Balaban J connectivity index is 1.47. The molecule has 5 heterocycles. The Hall–Kier alpha value is -3.08. The van der Waals surface area contributed by atoms with Crippen molar-refractivity contribution in [1.29, 1.82) is 0 Å². The summed E-state index contributed by atoms with van der Waals surface area (Å²) in [5, 5.41) is 18.1. The van der Waals surface area contributed by atoms with Crippen LogP contribution in [-0.4, -0.2) is 60.0 Å². The molecule has 4 N–H and O–H groups in total. The summed E-state index contributed by atoms with van der Waals surface area (Å²) < 4.78 is 5.20. The smallest absolute Gasteiger partial charge is 0.232 e. The van der Waals surface area contributed by atoms with E-state index in [0.717, 1.165) is 25.7 Å². The van der Waals surface area contributed by atoms with Crippen LogP contribution in [0.15, 0.2) is 18.3 Å². The fourth-order valence-electron chi connectivity index (χ4n) is 5.54. The molecule has 34 heavy (non-hydrogen) atoms. The fourth-order valence-corrected chi connectivity index (χ4v) is 5.84. The predicted octanol–water partition coefficient (Wildman–Crippen LogP) is 2.97. The highest BCUT2D eigenvalue weighted by atomic mass is 35.5. The molecule has 6 rings (SSSR count). The lowest BCUT2D eigenvalue weighted by molar-refractivity contribution is 0.273. The first-order chi connectivity index (χ1) is 16.4. The standard InChI is InChI=1S/C23H25ClN8O2/c1-23(25)7-11-3-4-12(8-23)32(11)22-15(10-33)27-20-18(30-31-21(20)29-22)13-5-6-14-19(17(13)24)28-16(34-2)9-26-14/h5-6,9,11-12,33H,3-4,7-8,10,25H2,1-2H3,(H,29,30,31)/t11-,12+,23+. The maximum atomic E-state index is 10.2. The Morgan fingerprint density at radius 3 is 2.68 bits per heavy atom. The lowest BCUT2D eigenvalue weighted by atomic mass is 9.85. The van der Waals surface area contributed by atoms with E-state index in [-0.39, 0.29) is 24.2 Å². The van der Waals surface area contributed by atoms with Gasteiger partial charge < -0.3 is 20.5 Å². The molecule has 10 nitrogen and oxygen atoms in total. The largest absolute Gasteiger partial charge is 0.480 e. The molecule has 0 aliphatic carbocycles. The number of piperidine rings is 1. The molecule has 4 aromatic rings. The number of fused-ring (bicyclic) bond motifs is 4. The number of nitrogens with one attached hydrogen (secondary N) is 1. The Bertz CT molecular complexity index is 1410. The van der Waals surface area contributed by atoms with Crippen LogP contribution in [0.4, 0.5) is 5.82 Å². The van der Waals surface area contributed by atoms with Crippen LogP contribution >= 0.6 is 11.6 Å². The van der Waals surface area contributed by atoms with Crippen LogP contribution in [-0.2, 0) is 6.61 Å². The van der Waals surface area contributed by atoms with Crippen LogP contribution in [0.2, 0.25) is 5.02 Å². The predicted molar refractivity (Wildman–Crippen MR) is 129 cm³/mol. The summed E-state index contributed by atoms with van der Waals surface area (Å²) >= 11 is 6.73. The number of aliphatic hydroxyl groups is 1.